The molecule has 0 amide bonds. The van der Waals surface area contributed by atoms with Gasteiger partial charge in [-0.15, -0.1) is 0 Å². The average molecular weight is 331 g/mol. The lowest BCUT2D eigenvalue weighted by molar-refractivity contribution is -0.142. The van der Waals surface area contributed by atoms with E-state index in [1.54, 1.807) is 12.1 Å². The average Bonchev–Trinajstić information content (AvgIpc) is 2.57. The summed E-state index contributed by atoms with van der Waals surface area (Å²) in [5.41, 5.74) is 7.70. The van der Waals surface area contributed by atoms with E-state index in [4.69, 9.17) is 5.73 Å². The zero-order valence-electron chi connectivity index (χ0n) is 13.3. The Kier molecular flexibility index (Phi) is 6.46. The lowest BCUT2D eigenvalue weighted by Crippen LogP contribution is -2.39. The van der Waals surface area contributed by atoms with Crippen molar-refractivity contribution in [3.8, 4) is 0 Å². The number of carbonyl (C=O) groups is 1. The molecule has 0 aliphatic carbocycles. The van der Waals surface area contributed by atoms with Crippen molar-refractivity contribution < 1.29 is 19.4 Å². The number of aliphatic hydroxyl groups is 1. The summed E-state index contributed by atoms with van der Waals surface area (Å²) in [4.78, 5) is 11.5. The Morgan fingerprint density at radius 1 is 1.00 bits per heavy atom. The van der Waals surface area contributed by atoms with Gasteiger partial charge in [0.1, 0.15) is 5.82 Å². The van der Waals surface area contributed by atoms with E-state index in [0.717, 1.165) is 11.1 Å². The first-order valence-electron chi connectivity index (χ1n) is 7.90. The number of rotatable bonds is 8. The van der Waals surface area contributed by atoms with E-state index in [1.807, 2.05) is 30.3 Å². The van der Waals surface area contributed by atoms with Crippen molar-refractivity contribution >= 4 is 5.97 Å². The van der Waals surface area contributed by atoms with E-state index < -0.39 is 24.0 Å². The molecule has 3 atom stereocenters. The van der Waals surface area contributed by atoms with Crippen molar-refractivity contribution in [3.05, 3.63) is 71.5 Å². The molecule has 24 heavy (non-hydrogen) atoms. The minimum atomic E-state index is -0.952. The Morgan fingerprint density at radius 2 is 1.58 bits per heavy atom. The molecule has 0 radical (unpaired) electrons. The molecule has 0 aromatic heterocycles. The molecule has 0 heterocycles. The molecule has 0 spiro atoms. The molecule has 2 aromatic rings. The number of aliphatic hydroxyl groups excluding tert-OH is 1. The highest BCUT2D eigenvalue weighted by atomic mass is 19.1. The maximum absolute atomic E-state index is 12.9. The maximum Gasteiger partial charge on any atom is 0.306 e. The van der Waals surface area contributed by atoms with E-state index in [9.17, 15) is 19.4 Å². The van der Waals surface area contributed by atoms with Gasteiger partial charge >= 0.3 is 5.97 Å². The van der Waals surface area contributed by atoms with E-state index in [0.29, 0.717) is 12.8 Å². The highest BCUT2D eigenvalue weighted by Crippen LogP contribution is 2.17. The van der Waals surface area contributed by atoms with Gasteiger partial charge in [0, 0.05) is 6.04 Å². The van der Waals surface area contributed by atoms with Crippen LogP contribution in [0.15, 0.2) is 54.6 Å². The SMILES string of the molecule is NC(Cc1ccc(F)cc1)C(O)CC(Cc1ccccc1)C(=O)O. The largest absolute Gasteiger partial charge is 0.481 e. The smallest absolute Gasteiger partial charge is 0.306 e. The molecular weight excluding hydrogens is 309 g/mol. The van der Waals surface area contributed by atoms with Gasteiger partial charge in [0.25, 0.3) is 0 Å². The summed E-state index contributed by atoms with van der Waals surface area (Å²) in [5.74, 6) is -1.99. The van der Waals surface area contributed by atoms with Gasteiger partial charge in [0.15, 0.2) is 0 Å². The molecule has 128 valence electrons. The molecule has 0 saturated heterocycles. The number of carboxylic acids is 1. The van der Waals surface area contributed by atoms with Crippen LogP contribution in [-0.2, 0) is 17.6 Å². The van der Waals surface area contributed by atoms with Gasteiger partial charge in [-0.3, -0.25) is 4.79 Å². The summed E-state index contributed by atoms with van der Waals surface area (Å²) in [6, 6.07) is 14.6. The quantitative estimate of drug-likeness (QED) is 0.693. The molecule has 2 rings (SSSR count). The normalized spacial score (nSPS) is 14.8. The summed E-state index contributed by atoms with van der Waals surface area (Å²) >= 11 is 0. The molecule has 0 bridgehead atoms. The molecule has 4 N–H and O–H groups in total. The molecule has 0 fully saturated rings. The van der Waals surface area contributed by atoms with Gasteiger partial charge in [0.2, 0.25) is 0 Å². The number of halogens is 1. The van der Waals surface area contributed by atoms with Crippen LogP contribution in [-0.4, -0.2) is 28.3 Å². The van der Waals surface area contributed by atoms with Crippen LogP contribution in [0.4, 0.5) is 4.39 Å². The fourth-order valence-electron chi connectivity index (χ4n) is 2.67. The second kappa shape index (κ2) is 8.57. The molecule has 3 unspecified atom stereocenters. The maximum atomic E-state index is 12.9. The molecule has 2 aromatic carbocycles. The van der Waals surface area contributed by atoms with Gasteiger partial charge in [0.05, 0.1) is 12.0 Å². The first kappa shape index (κ1) is 18.1. The summed E-state index contributed by atoms with van der Waals surface area (Å²) in [7, 11) is 0. The van der Waals surface area contributed by atoms with E-state index in [2.05, 4.69) is 0 Å². The highest BCUT2D eigenvalue weighted by Gasteiger charge is 2.25. The third-order valence-electron chi connectivity index (χ3n) is 4.08. The Balaban J connectivity index is 1.95. The molecule has 5 heteroatoms. The van der Waals surface area contributed by atoms with Crippen molar-refractivity contribution in [2.75, 3.05) is 0 Å². The van der Waals surface area contributed by atoms with Crippen LogP contribution in [0.2, 0.25) is 0 Å². The predicted molar refractivity (Wildman–Crippen MR) is 90.0 cm³/mol. The minimum absolute atomic E-state index is 0.0760. The Morgan fingerprint density at radius 3 is 2.17 bits per heavy atom. The Labute approximate surface area is 140 Å². The number of nitrogens with two attached hydrogens (primary N) is 1. The van der Waals surface area contributed by atoms with Crippen LogP contribution in [0.5, 0.6) is 0 Å². The van der Waals surface area contributed by atoms with Crippen LogP contribution in [0.1, 0.15) is 17.5 Å². The van der Waals surface area contributed by atoms with Crippen LogP contribution in [0, 0.1) is 11.7 Å². The van der Waals surface area contributed by atoms with Gasteiger partial charge < -0.3 is 15.9 Å². The van der Waals surface area contributed by atoms with Gasteiger partial charge in [-0.05, 0) is 42.5 Å². The summed E-state index contributed by atoms with van der Waals surface area (Å²) in [6.07, 6.45) is -0.165. The van der Waals surface area contributed by atoms with Crippen LogP contribution in [0.3, 0.4) is 0 Å². The third kappa shape index (κ3) is 5.44. The Hall–Kier alpha value is -2.24. The summed E-state index contributed by atoms with van der Waals surface area (Å²) in [6.45, 7) is 0. The lowest BCUT2D eigenvalue weighted by Gasteiger charge is -2.22. The van der Waals surface area contributed by atoms with Gasteiger partial charge in [-0.25, -0.2) is 4.39 Å². The first-order valence-corrected chi connectivity index (χ1v) is 7.90. The lowest BCUT2D eigenvalue weighted by atomic mass is 9.90. The highest BCUT2D eigenvalue weighted by molar-refractivity contribution is 5.70. The second-order valence-electron chi connectivity index (χ2n) is 6.02. The van der Waals surface area contributed by atoms with Crippen molar-refractivity contribution in [2.45, 2.75) is 31.4 Å². The topological polar surface area (TPSA) is 83.5 Å². The minimum Gasteiger partial charge on any atom is -0.481 e. The van der Waals surface area contributed by atoms with Gasteiger partial charge in [-0.1, -0.05) is 42.5 Å². The van der Waals surface area contributed by atoms with Crippen molar-refractivity contribution in [1.29, 1.82) is 0 Å². The number of hydrogen-bond acceptors (Lipinski definition) is 3. The van der Waals surface area contributed by atoms with Crippen LogP contribution >= 0.6 is 0 Å². The second-order valence-corrected chi connectivity index (χ2v) is 6.02. The van der Waals surface area contributed by atoms with Crippen molar-refractivity contribution in [2.24, 2.45) is 11.7 Å². The first-order chi connectivity index (χ1) is 11.5. The Bertz CT molecular complexity index is 645. The van der Waals surface area contributed by atoms with Crippen LogP contribution in [0.25, 0.3) is 0 Å². The van der Waals surface area contributed by atoms with Crippen LogP contribution < -0.4 is 5.73 Å². The number of hydrogen-bond donors (Lipinski definition) is 3. The fraction of sp³-hybridized carbons (Fsp3) is 0.316. The summed E-state index contributed by atoms with van der Waals surface area (Å²) in [5, 5.41) is 19.7. The number of carboxylic acid groups (broad SMARTS) is 1. The number of aliphatic carboxylic acids is 1. The van der Waals surface area contributed by atoms with Crippen molar-refractivity contribution in [3.63, 3.8) is 0 Å². The molecule has 0 aliphatic heterocycles. The third-order valence-corrected chi connectivity index (χ3v) is 4.08. The fourth-order valence-corrected chi connectivity index (χ4v) is 2.67. The molecular formula is C19H22FNO3. The molecule has 0 saturated carbocycles. The predicted octanol–water partition coefficient (Wildman–Crippen LogP) is 2.39. The standard InChI is InChI=1S/C19H22FNO3/c20-16-8-6-14(7-9-16)11-17(21)18(22)12-15(19(23)24)10-13-4-2-1-3-5-13/h1-9,15,17-18,22H,10-12,21H2,(H,23,24). The zero-order valence-corrected chi connectivity index (χ0v) is 13.3. The summed E-state index contributed by atoms with van der Waals surface area (Å²) < 4.78 is 12.9. The van der Waals surface area contributed by atoms with E-state index >= 15 is 0 Å². The van der Waals surface area contributed by atoms with Gasteiger partial charge in [-0.2, -0.15) is 0 Å². The van der Waals surface area contributed by atoms with Crippen molar-refractivity contribution in [1.82, 2.24) is 0 Å². The van der Waals surface area contributed by atoms with E-state index in [1.165, 1.54) is 12.1 Å². The monoisotopic (exact) mass is 331 g/mol. The molecule has 0 aliphatic rings. The zero-order chi connectivity index (χ0) is 17.5. The molecule has 4 nitrogen and oxygen atoms in total. The number of benzene rings is 2. The van der Waals surface area contributed by atoms with E-state index in [-0.39, 0.29) is 12.2 Å².